The lowest BCUT2D eigenvalue weighted by Gasteiger charge is -2.44. The summed E-state index contributed by atoms with van der Waals surface area (Å²) in [6.07, 6.45) is 20.5. The molecule has 2 aromatic heterocycles. The van der Waals surface area contributed by atoms with Crippen molar-refractivity contribution in [2.45, 2.75) is 96.4 Å². The zero-order valence-electron chi connectivity index (χ0n) is 26.6. The molecule has 9 nitrogen and oxygen atoms in total. The van der Waals surface area contributed by atoms with Crippen LogP contribution in [0, 0.1) is 5.41 Å². The Morgan fingerprint density at radius 2 is 1.73 bits per heavy atom. The summed E-state index contributed by atoms with van der Waals surface area (Å²) in [6, 6.07) is 9.10. The van der Waals surface area contributed by atoms with E-state index in [2.05, 4.69) is 47.6 Å². The Morgan fingerprint density at radius 1 is 0.955 bits per heavy atom. The Bertz CT molecular complexity index is 1290. The van der Waals surface area contributed by atoms with Gasteiger partial charge >= 0.3 is 5.97 Å². The summed E-state index contributed by atoms with van der Waals surface area (Å²) in [5.41, 5.74) is 2.72. The number of aromatic amines is 1. The molecule has 3 aromatic rings. The van der Waals surface area contributed by atoms with E-state index in [0.717, 1.165) is 49.3 Å². The largest absolute Gasteiger partial charge is 0.469 e. The van der Waals surface area contributed by atoms with E-state index < -0.39 is 0 Å². The number of benzene rings is 1. The van der Waals surface area contributed by atoms with E-state index in [0.29, 0.717) is 18.4 Å². The first-order chi connectivity index (χ1) is 21.6. The average Bonchev–Trinajstić information content (AvgIpc) is 3.82. The number of aromatic nitrogens is 4. The summed E-state index contributed by atoms with van der Waals surface area (Å²) in [4.78, 5) is 32.1. The Morgan fingerprint density at radius 3 is 2.48 bits per heavy atom. The lowest BCUT2D eigenvalue weighted by molar-refractivity contribution is -0.139. The number of H-pyrrole nitrogens is 1. The summed E-state index contributed by atoms with van der Waals surface area (Å²) in [5.74, 6) is 1.81. The fourth-order valence-corrected chi connectivity index (χ4v) is 7.82. The lowest BCUT2D eigenvalue weighted by Crippen LogP contribution is -2.46. The molecule has 9 heteroatoms. The molecule has 1 N–H and O–H groups in total. The third kappa shape index (κ3) is 8.17. The van der Waals surface area contributed by atoms with Crippen molar-refractivity contribution in [1.82, 2.24) is 34.2 Å². The van der Waals surface area contributed by atoms with Crippen molar-refractivity contribution in [2.24, 2.45) is 5.41 Å². The molecule has 3 aliphatic rings. The molecule has 238 valence electrons. The third-order valence-electron chi connectivity index (χ3n) is 10.4. The van der Waals surface area contributed by atoms with E-state index in [4.69, 9.17) is 9.72 Å². The minimum Gasteiger partial charge on any atom is -0.469 e. The molecule has 0 bridgehead atoms. The zero-order chi connectivity index (χ0) is 30.2. The molecule has 6 rings (SSSR count). The molecular formula is C35H51N7O2. The van der Waals surface area contributed by atoms with Gasteiger partial charge in [0.25, 0.3) is 0 Å². The number of piperidine rings is 1. The third-order valence-corrected chi connectivity index (χ3v) is 10.4. The zero-order valence-corrected chi connectivity index (χ0v) is 26.6. The number of rotatable bonds is 13. The maximum Gasteiger partial charge on any atom is 0.309 e. The second-order valence-corrected chi connectivity index (χ2v) is 13.5. The van der Waals surface area contributed by atoms with Gasteiger partial charge in [0, 0.05) is 50.5 Å². The van der Waals surface area contributed by atoms with E-state index >= 15 is 0 Å². The first-order valence-electron chi connectivity index (χ1n) is 16.9. The summed E-state index contributed by atoms with van der Waals surface area (Å²) in [6.45, 7) is 9.56. The molecule has 0 atom stereocenters. The minimum absolute atomic E-state index is 0.219. The summed E-state index contributed by atoms with van der Waals surface area (Å²) in [5, 5.41) is 0. The van der Waals surface area contributed by atoms with Crippen LogP contribution in [0.1, 0.15) is 80.6 Å². The number of hydrogen-bond acceptors (Lipinski definition) is 7. The number of imidazole rings is 2. The van der Waals surface area contributed by atoms with Crippen molar-refractivity contribution in [2.75, 3.05) is 39.8 Å². The first kappa shape index (κ1) is 31.0. The van der Waals surface area contributed by atoms with E-state index in [1.54, 1.807) is 6.20 Å². The van der Waals surface area contributed by atoms with Crippen molar-refractivity contribution in [3.05, 3.63) is 71.8 Å². The molecule has 0 unspecified atom stereocenters. The normalized spacial score (nSPS) is 19.7. The van der Waals surface area contributed by atoms with Gasteiger partial charge in [-0.15, -0.1) is 0 Å². The van der Waals surface area contributed by atoms with Crippen LogP contribution in [-0.4, -0.2) is 86.1 Å². The number of carbonyl (C=O) groups is 1. The number of nitrogens with zero attached hydrogens (tertiary/aromatic N) is 6. The number of likely N-dealkylation sites (tertiary alicyclic amines) is 2. The van der Waals surface area contributed by atoms with E-state index in [-0.39, 0.29) is 5.97 Å². The lowest BCUT2D eigenvalue weighted by atomic mass is 9.77. The molecule has 4 heterocycles. The second kappa shape index (κ2) is 14.8. The van der Waals surface area contributed by atoms with Crippen molar-refractivity contribution in [3.8, 4) is 0 Å². The fourth-order valence-electron chi connectivity index (χ4n) is 7.82. The molecule has 2 saturated heterocycles. The molecule has 3 fully saturated rings. The molecule has 1 saturated carbocycles. The van der Waals surface area contributed by atoms with Gasteiger partial charge in [0.05, 0.1) is 26.6 Å². The Hall–Kier alpha value is -3.01. The van der Waals surface area contributed by atoms with Crippen LogP contribution < -0.4 is 0 Å². The highest BCUT2D eigenvalue weighted by Gasteiger charge is 2.41. The van der Waals surface area contributed by atoms with Crippen LogP contribution in [0.4, 0.5) is 0 Å². The van der Waals surface area contributed by atoms with Crippen molar-refractivity contribution >= 4 is 5.97 Å². The van der Waals surface area contributed by atoms with Gasteiger partial charge in [-0.3, -0.25) is 9.69 Å². The van der Waals surface area contributed by atoms with E-state index in [9.17, 15) is 4.79 Å². The van der Waals surface area contributed by atoms with Crippen LogP contribution in [0.3, 0.4) is 0 Å². The number of hydrogen-bond donors (Lipinski definition) is 1. The highest BCUT2D eigenvalue weighted by atomic mass is 16.5. The predicted octanol–water partition coefficient (Wildman–Crippen LogP) is 5.03. The van der Waals surface area contributed by atoms with Gasteiger partial charge in [0.15, 0.2) is 0 Å². The fraction of sp³-hybridized carbons (Fsp3) is 0.629. The van der Waals surface area contributed by atoms with E-state index in [1.807, 2.05) is 24.5 Å². The van der Waals surface area contributed by atoms with Crippen molar-refractivity contribution < 1.29 is 9.53 Å². The highest BCUT2D eigenvalue weighted by Crippen LogP contribution is 2.41. The Labute approximate surface area is 263 Å². The van der Waals surface area contributed by atoms with Crippen LogP contribution in [-0.2, 0) is 42.1 Å². The quantitative estimate of drug-likeness (QED) is 0.275. The molecular weight excluding hydrogens is 550 g/mol. The van der Waals surface area contributed by atoms with Gasteiger partial charge in [-0.2, -0.15) is 0 Å². The number of methoxy groups -OCH3 is 1. The maximum absolute atomic E-state index is 11.7. The number of carbonyl (C=O) groups excluding carboxylic acids is 1. The monoisotopic (exact) mass is 601 g/mol. The van der Waals surface area contributed by atoms with Gasteiger partial charge in [-0.25, -0.2) is 9.97 Å². The van der Waals surface area contributed by atoms with Crippen LogP contribution in [0.15, 0.2) is 49.1 Å². The molecule has 1 aliphatic carbocycles. The second-order valence-electron chi connectivity index (χ2n) is 13.5. The van der Waals surface area contributed by atoms with Gasteiger partial charge in [-0.1, -0.05) is 43.5 Å². The van der Waals surface area contributed by atoms with Crippen LogP contribution in [0.2, 0.25) is 0 Å². The van der Waals surface area contributed by atoms with Crippen LogP contribution in [0.25, 0.3) is 0 Å². The van der Waals surface area contributed by atoms with Crippen LogP contribution in [0.5, 0.6) is 0 Å². The van der Waals surface area contributed by atoms with Gasteiger partial charge < -0.3 is 24.1 Å². The van der Waals surface area contributed by atoms with Gasteiger partial charge in [-0.05, 0) is 81.2 Å². The van der Waals surface area contributed by atoms with E-state index in [1.165, 1.54) is 96.8 Å². The molecule has 2 aliphatic heterocycles. The topological polar surface area (TPSA) is 82.5 Å². The molecule has 1 aromatic carbocycles. The maximum atomic E-state index is 11.7. The molecule has 0 radical (unpaired) electrons. The first-order valence-corrected chi connectivity index (χ1v) is 16.9. The average molecular weight is 602 g/mol. The molecule has 1 spiro atoms. The number of nitrogens with one attached hydrogen (secondary N) is 1. The Kier molecular flexibility index (Phi) is 10.5. The van der Waals surface area contributed by atoms with Gasteiger partial charge in [0.1, 0.15) is 11.6 Å². The number of aryl methyl sites for hydroxylation is 1. The molecule has 44 heavy (non-hydrogen) atoms. The summed E-state index contributed by atoms with van der Waals surface area (Å²) < 4.78 is 7.15. The standard InChI is InChI=1S/C35H51N7O2/c1-44-34(43)24-29-8-10-30(11-9-29)25-40(26-32-36-15-16-37-32)27-33-38-17-23-42(33)19-5-18-39-20-12-35(28-39)13-21-41(22-14-35)31-6-3-2-4-7-31/h8-11,15-17,23,31H,2-7,12-14,18-22,24-28H2,1H3,(H,36,37). The SMILES string of the molecule is COC(=O)Cc1ccc(CN(Cc2ncc[nH]2)Cc2nccn2CCCN2CCC3(CCN(C4CCCCC4)CC3)C2)cc1. The minimum atomic E-state index is -0.219. The Balaban J connectivity index is 0.992. The number of esters is 1. The van der Waals surface area contributed by atoms with Crippen molar-refractivity contribution in [1.29, 1.82) is 0 Å². The number of ether oxygens (including phenoxy) is 1. The summed E-state index contributed by atoms with van der Waals surface area (Å²) in [7, 11) is 1.43. The molecule has 0 amide bonds. The summed E-state index contributed by atoms with van der Waals surface area (Å²) >= 11 is 0. The predicted molar refractivity (Wildman–Crippen MR) is 172 cm³/mol. The smallest absolute Gasteiger partial charge is 0.309 e. The van der Waals surface area contributed by atoms with Crippen molar-refractivity contribution in [3.63, 3.8) is 0 Å². The van der Waals surface area contributed by atoms with Gasteiger partial charge in [0.2, 0.25) is 0 Å². The highest BCUT2D eigenvalue weighted by molar-refractivity contribution is 5.72. The van der Waals surface area contributed by atoms with Crippen LogP contribution >= 0.6 is 0 Å².